The third-order valence-electron chi connectivity index (χ3n) is 12.7. The van der Waals surface area contributed by atoms with Crippen molar-refractivity contribution in [1.29, 1.82) is 5.26 Å². The molecular formula is C50H45N7O5. The van der Waals surface area contributed by atoms with Crippen LogP contribution in [0.2, 0.25) is 0 Å². The Kier molecular flexibility index (Phi) is 10.3. The minimum absolute atomic E-state index is 0.0791. The van der Waals surface area contributed by atoms with Crippen LogP contribution in [0.15, 0.2) is 104 Å². The van der Waals surface area contributed by atoms with E-state index in [9.17, 15) is 14.9 Å². The number of ether oxygens (including phenoxy) is 3. The summed E-state index contributed by atoms with van der Waals surface area (Å²) in [5.41, 5.74) is 8.86. The molecule has 3 aromatic heterocycles. The molecule has 12 nitrogen and oxygen atoms in total. The lowest BCUT2D eigenvalue weighted by Crippen LogP contribution is -2.49. The van der Waals surface area contributed by atoms with Crippen molar-refractivity contribution in [3.05, 3.63) is 126 Å². The van der Waals surface area contributed by atoms with Crippen LogP contribution in [0.4, 0.5) is 5.69 Å². The van der Waals surface area contributed by atoms with E-state index in [0.29, 0.717) is 47.8 Å². The van der Waals surface area contributed by atoms with E-state index in [2.05, 4.69) is 80.6 Å². The minimum Gasteiger partial charge on any atom is -0.481 e. The van der Waals surface area contributed by atoms with Crippen LogP contribution in [0.5, 0.6) is 11.6 Å². The number of carbonyl (C=O) groups is 2. The number of benzene rings is 3. The second-order valence-electron chi connectivity index (χ2n) is 16.6. The fourth-order valence-corrected chi connectivity index (χ4v) is 9.20. The molecule has 62 heavy (non-hydrogen) atoms. The fourth-order valence-electron chi connectivity index (χ4n) is 9.20. The SMILES string of the molecule is C=C1CCC(N2Cc3cc(OCC#Cc4ccc(C#N)c(N5CCC(OC6CC(Oc7ccc(-c8ccc9c%10cnccc%10n(C)c9c8)cn7)C6)CC5)c4)ccc3C2=O)C(=O)N1. The number of hydrogen-bond acceptors (Lipinski definition) is 9. The summed E-state index contributed by atoms with van der Waals surface area (Å²) in [6.45, 7) is 5.91. The van der Waals surface area contributed by atoms with Gasteiger partial charge in [-0.2, -0.15) is 5.26 Å². The molecule has 12 heteroatoms. The second-order valence-corrected chi connectivity index (χ2v) is 16.6. The number of nitriles is 1. The van der Waals surface area contributed by atoms with E-state index in [1.165, 1.54) is 5.39 Å². The number of aryl methyl sites for hydroxylation is 1. The number of fused-ring (bicyclic) bond motifs is 4. The standard InChI is InChI=1S/C50H45N7O5/c1-31-5-13-45(49(58)54-31)57-30-36-23-38(10-12-41(36)50(57)59)60-21-3-4-32-6-7-34(27-51)46(22-32)56-19-16-37(17-20-56)61-39-25-40(26-39)62-48-14-9-35(28-53-48)33-8-11-42-43-29-52-18-15-44(43)55(2)47(42)24-33/h6-12,14-15,18,22-24,28-29,37,39-40,45H,1,5,13,16-17,19-21,25-26,30H2,2H3,(H,54,58). The highest BCUT2D eigenvalue weighted by Gasteiger charge is 2.38. The lowest BCUT2D eigenvalue weighted by molar-refractivity contribution is -0.126. The number of anilines is 1. The molecule has 1 atom stereocenters. The number of nitrogens with one attached hydrogen (secondary N) is 1. The highest BCUT2D eigenvalue weighted by Crippen LogP contribution is 2.35. The molecule has 4 aliphatic rings. The number of nitrogens with zero attached hydrogens (tertiary/aromatic N) is 6. The molecule has 1 aliphatic carbocycles. The Hall–Kier alpha value is -7.15. The number of hydrogen-bond donors (Lipinski definition) is 1. The summed E-state index contributed by atoms with van der Waals surface area (Å²) in [5.74, 6) is 7.18. The molecule has 3 aliphatic heterocycles. The maximum atomic E-state index is 13.1. The van der Waals surface area contributed by atoms with Gasteiger partial charge in [0.25, 0.3) is 5.91 Å². The van der Waals surface area contributed by atoms with E-state index >= 15 is 0 Å². The Balaban J connectivity index is 0.682. The Bertz CT molecular complexity index is 2860. The first-order valence-electron chi connectivity index (χ1n) is 21.2. The molecule has 10 rings (SSSR count). The highest BCUT2D eigenvalue weighted by atomic mass is 16.5. The van der Waals surface area contributed by atoms with Gasteiger partial charge in [-0.15, -0.1) is 0 Å². The molecule has 0 bridgehead atoms. The molecule has 6 heterocycles. The van der Waals surface area contributed by atoms with Crippen molar-refractivity contribution in [2.45, 2.75) is 69.4 Å². The monoisotopic (exact) mass is 823 g/mol. The molecule has 2 saturated heterocycles. The van der Waals surface area contributed by atoms with Crippen LogP contribution in [-0.4, -0.2) is 75.3 Å². The zero-order valence-electron chi connectivity index (χ0n) is 34.5. The highest BCUT2D eigenvalue weighted by molar-refractivity contribution is 6.08. The first-order chi connectivity index (χ1) is 30.3. The van der Waals surface area contributed by atoms with Gasteiger partial charge in [-0.1, -0.05) is 30.6 Å². The largest absolute Gasteiger partial charge is 0.481 e. The third-order valence-corrected chi connectivity index (χ3v) is 12.7. The summed E-state index contributed by atoms with van der Waals surface area (Å²) >= 11 is 0. The Labute approximate surface area is 359 Å². The summed E-state index contributed by atoms with van der Waals surface area (Å²) in [7, 11) is 2.09. The van der Waals surface area contributed by atoms with Crippen LogP contribution in [0, 0.1) is 23.2 Å². The van der Waals surface area contributed by atoms with Gasteiger partial charge in [-0.25, -0.2) is 4.98 Å². The summed E-state index contributed by atoms with van der Waals surface area (Å²) in [5, 5.41) is 15.0. The smallest absolute Gasteiger partial charge is 0.255 e. The molecule has 310 valence electrons. The molecule has 2 amide bonds. The molecule has 6 aromatic rings. The molecular weight excluding hydrogens is 779 g/mol. The molecule has 0 spiro atoms. The van der Waals surface area contributed by atoms with Gasteiger partial charge in [0, 0.05) is 103 Å². The lowest BCUT2D eigenvalue weighted by atomic mass is 9.91. The van der Waals surface area contributed by atoms with Crippen LogP contribution in [-0.2, 0) is 23.1 Å². The Morgan fingerprint density at radius 1 is 0.887 bits per heavy atom. The normalized spacial score (nSPS) is 20.0. The summed E-state index contributed by atoms with van der Waals surface area (Å²) in [4.78, 5) is 38.4. The van der Waals surface area contributed by atoms with Crippen LogP contribution in [0.25, 0.3) is 32.9 Å². The van der Waals surface area contributed by atoms with Crippen molar-refractivity contribution in [2.24, 2.45) is 7.05 Å². The topological polar surface area (TPSA) is 135 Å². The average Bonchev–Trinajstić information content (AvgIpc) is 3.76. The van der Waals surface area contributed by atoms with E-state index in [0.717, 1.165) is 83.1 Å². The van der Waals surface area contributed by atoms with Crippen molar-refractivity contribution in [3.63, 3.8) is 0 Å². The predicted molar refractivity (Wildman–Crippen MR) is 235 cm³/mol. The summed E-state index contributed by atoms with van der Waals surface area (Å²) in [6.07, 6.45) is 10.7. The zero-order valence-corrected chi connectivity index (χ0v) is 34.5. The van der Waals surface area contributed by atoms with Crippen molar-refractivity contribution < 1.29 is 23.8 Å². The molecule has 3 aromatic carbocycles. The van der Waals surface area contributed by atoms with Gasteiger partial charge >= 0.3 is 0 Å². The number of amides is 2. The van der Waals surface area contributed by atoms with Gasteiger partial charge in [0.1, 0.15) is 30.6 Å². The number of rotatable bonds is 9. The number of pyridine rings is 2. The number of aromatic nitrogens is 3. The number of allylic oxidation sites excluding steroid dienone is 1. The van der Waals surface area contributed by atoms with Gasteiger partial charge in [0.2, 0.25) is 11.8 Å². The van der Waals surface area contributed by atoms with E-state index in [1.807, 2.05) is 55.0 Å². The lowest BCUT2D eigenvalue weighted by Gasteiger charge is -2.40. The van der Waals surface area contributed by atoms with Crippen LogP contribution in [0.3, 0.4) is 0 Å². The van der Waals surface area contributed by atoms with E-state index in [-0.39, 0.29) is 36.7 Å². The first-order valence-corrected chi connectivity index (χ1v) is 21.2. The fraction of sp³-hybridized carbons (Fsp3) is 0.300. The second kappa shape index (κ2) is 16.4. The number of piperidine rings is 2. The van der Waals surface area contributed by atoms with E-state index in [4.69, 9.17) is 14.2 Å². The Morgan fingerprint density at radius 3 is 2.55 bits per heavy atom. The predicted octanol–water partition coefficient (Wildman–Crippen LogP) is 7.43. The quantitative estimate of drug-likeness (QED) is 0.148. The molecule has 0 radical (unpaired) electrons. The van der Waals surface area contributed by atoms with Gasteiger partial charge < -0.3 is 33.9 Å². The van der Waals surface area contributed by atoms with Crippen LogP contribution >= 0.6 is 0 Å². The van der Waals surface area contributed by atoms with E-state index < -0.39 is 6.04 Å². The zero-order chi connectivity index (χ0) is 42.3. The van der Waals surface area contributed by atoms with Gasteiger partial charge in [-0.05, 0) is 91.4 Å². The van der Waals surface area contributed by atoms with Gasteiger partial charge in [-0.3, -0.25) is 14.6 Å². The van der Waals surface area contributed by atoms with E-state index in [1.54, 1.807) is 17.0 Å². The van der Waals surface area contributed by atoms with Crippen molar-refractivity contribution in [3.8, 4) is 40.7 Å². The molecule has 3 fully saturated rings. The van der Waals surface area contributed by atoms with Crippen LogP contribution < -0.4 is 19.7 Å². The average molecular weight is 824 g/mol. The van der Waals surface area contributed by atoms with Gasteiger partial charge in [0.05, 0.1) is 29.0 Å². The molecule has 1 unspecified atom stereocenters. The summed E-state index contributed by atoms with van der Waals surface area (Å²) < 4.78 is 20.9. The maximum Gasteiger partial charge on any atom is 0.255 e. The minimum atomic E-state index is -0.507. The third kappa shape index (κ3) is 7.59. The van der Waals surface area contributed by atoms with Crippen molar-refractivity contribution in [1.82, 2.24) is 24.8 Å². The van der Waals surface area contributed by atoms with Crippen LogP contribution in [0.1, 0.15) is 65.6 Å². The molecule has 1 saturated carbocycles. The van der Waals surface area contributed by atoms with Crippen molar-refractivity contribution in [2.75, 3.05) is 24.6 Å². The first kappa shape index (κ1) is 39.0. The summed E-state index contributed by atoms with van der Waals surface area (Å²) in [6, 6.07) is 25.4. The maximum absolute atomic E-state index is 13.1. The van der Waals surface area contributed by atoms with Gasteiger partial charge in [0.15, 0.2) is 0 Å². The Morgan fingerprint density at radius 2 is 1.74 bits per heavy atom. The number of carbonyl (C=O) groups excluding carboxylic acids is 2. The molecule has 1 N–H and O–H groups in total. The van der Waals surface area contributed by atoms with Crippen molar-refractivity contribution >= 4 is 39.3 Å².